The number of nitrogens with two attached hydrogens (primary N) is 2. The van der Waals surface area contributed by atoms with Crippen molar-refractivity contribution in [3.63, 3.8) is 0 Å². The smallest absolute Gasteiger partial charge is 0.418 e. The molecule has 0 aliphatic rings. The Morgan fingerprint density at radius 1 is 1.27 bits per heavy atom. The lowest BCUT2D eigenvalue weighted by Crippen LogP contribution is -1.95. The molecule has 0 fully saturated rings. The number of nitrogen functional groups attached to an aromatic ring is 2. The summed E-state index contributed by atoms with van der Waals surface area (Å²) in [6.45, 7) is 1.28. The van der Waals surface area contributed by atoms with Gasteiger partial charge < -0.3 is 16.2 Å². The molecule has 1 aromatic rings. The number of rotatable bonds is 2. The van der Waals surface area contributed by atoms with Gasteiger partial charge in [-0.2, -0.15) is 0 Å². The van der Waals surface area contributed by atoms with Gasteiger partial charge in [-0.3, -0.25) is 0 Å². The van der Waals surface area contributed by atoms with Crippen LogP contribution < -0.4 is 16.2 Å². The van der Waals surface area contributed by atoms with Gasteiger partial charge in [-0.1, -0.05) is 0 Å². The van der Waals surface area contributed by atoms with Crippen LogP contribution in [0.4, 0.5) is 11.4 Å². The second kappa shape index (κ2) is 2.92. The van der Waals surface area contributed by atoms with Crippen molar-refractivity contribution in [3.8, 4) is 5.75 Å². The van der Waals surface area contributed by atoms with E-state index in [1.54, 1.807) is 6.07 Å². The first-order valence-corrected chi connectivity index (χ1v) is 2.93. The highest BCUT2D eigenvalue weighted by molar-refractivity contribution is 5.66. The van der Waals surface area contributed by atoms with Gasteiger partial charge in [0.15, 0.2) is 0 Å². The fourth-order valence-corrected chi connectivity index (χ4v) is 0.664. The molecule has 57 valence electrons. The third kappa shape index (κ3) is 1.61. The summed E-state index contributed by atoms with van der Waals surface area (Å²) >= 11 is 0. The molecule has 0 bridgehead atoms. The summed E-state index contributed by atoms with van der Waals surface area (Å²) in [5.41, 5.74) is 11.7. The summed E-state index contributed by atoms with van der Waals surface area (Å²) < 4.78 is 4.40. The lowest BCUT2D eigenvalue weighted by atomic mass is 10.2. The van der Waals surface area contributed by atoms with Gasteiger partial charge in [-0.15, -0.1) is 0 Å². The molecular formula is C7H7N2O2. The monoisotopic (exact) mass is 151 g/mol. The lowest BCUT2D eigenvalue weighted by molar-refractivity contribution is 0.443. The van der Waals surface area contributed by atoms with Crippen molar-refractivity contribution in [2.75, 3.05) is 11.5 Å². The molecular weight excluding hydrogens is 144 g/mol. The van der Waals surface area contributed by atoms with Crippen molar-refractivity contribution in [2.24, 2.45) is 0 Å². The van der Waals surface area contributed by atoms with Crippen LogP contribution in [0.1, 0.15) is 0 Å². The summed E-state index contributed by atoms with van der Waals surface area (Å²) in [4.78, 5) is 9.75. The second-order valence-corrected chi connectivity index (χ2v) is 1.98. The zero-order chi connectivity index (χ0) is 8.27. The maximum atomic E-state index is 9.75. The third-order valence-electron chi connectivity index (χ3n) is 1.22. The lowest BCUT2D eigenvalue weighted by Gasteiger charge is -2.00. The molecule has 0 saturated carbocycles. The fraction of sp³-hybridized carbons (Fsp3) is 0. The molecule has 0 aliphatic carbocycles. The molecule has 0 heterocycles. The first kappa shape index (κ1) is 7.40. The molecule has 1 radical (unpaired) electrons. The average molecular weight is 151 g/mol. The Hall–Kier alpha value is -1.71. The predicted octanol–water partition coefficient (Wildman–Crippen LogP) is 0.297. The van der Waals surface area contributed by atoms with Crippen LogP contribution in [0.2, 0.25) is 0 Å². The summed E-state index contributed by atoms with van der Waals surface area (Å²) in [5, 5.41) is 0. The van der Waals surface area contributed by atoms with Crippen LogP contribution in [0, 0.1) is 0 Å². The molecule has 0 atom stereocenters. The van der Waals surface area contributed by atoms with E-state index in [-0.39, 0.29) is 0 Å². The summed E-state index contributed by atoms with van der Waals surface area (Å²) in [6, 6.07) is 4.55. The van der Waals surface area contributed by atoms with E-state index in [1.807, 2.05) is 0 Å². The Bertz CT molecular complexity index is 273. The predicted molar refractivity (Wildman–Crippen MR) is 41.6 cm³/mol. The molecule has 0 unspecified atom stereocenters. The van der Waals surface area contributed by atoms with Crippen LogP contribution in [0.25, 0.3) is 0 Å². The minimum Gasteiger partial charge on any atom is -0.418 e. The van der Waals surface area contributed by atoms with Crippen LogP contribution >= 0.6 is 0 Å². The standard InChI is InChI=1S/C7H7N2O2/c8-6-2-1-5(11-4-10)3-7(6)9/h1-3H,8-9H2. The zero-order valence-electron chi connectivity index (χ0n) is 5.70. The topological polar surface area (TPSA) is 78.3 Å². The van der Waals surface area contributed by atoms with Crippen molar-refractivity contribution in [1.29, 1.82) is 0 Å². The van der Waals surface area contributed by atoms with E-state index in [0.717, 1.165) is 0 Å². The summed E-state index contributed by atoms with van der Waals surface area (Å²) in [7, 11) is 0. The van der Waals surface area contributed by atoms with Crippen molar-refractivity contribution >= 4 is 17.8 Å². The number of carbonyl (C=O) groups excluding carboxylic acids is 1. The normalized spacial score (nSPS) is 9.09. The molecule has 1 aromatic carbocycles. The molecule has 4 nitrogen and oxygen atoms in total. The van der Waals surface area contributed by atoms with Gasteiger partial charge in [-0.05, 0) is 12.1 Å². The minimum atomic E-state index is 0.340. The highest BCUT2D eigenvalue weighted by Gasteiger charge is 1.96. The molecule has 1 rings (SSSR count). The van der Waals surface area contributed by atoms with Gasteiger partial charge in [0.1, 0.15) is 5.75 Å². The SMILES string of the molecule is Nc1ccc(O[C]=O)cc1N. The first-order chi connectivity index (χ1) is 5.24. The minimum absolute atomic E-state index is 0.340. The van der Waals surface area contributed by atoms with Crippen molar-refractivity contribution in [2.45, 2.75) is 0 Å². The first-order valence-electron chi connectivity index (χ1n) is 2.93. The second-order valence-electron chi connectivity index (χ2n) is 1.98. The Kier molecular flexibility index (Phi) is 1.96. The number of ether oxygens (including phenoxy) is 1. The van der Waals surface area contributed by atoms with Crippen LogP contribution in [0.3, 0.4) is 0 Å². The highest BCUT2D eigenvalue weighted by Crippen LogP contribution is 2.20. The van der Waals surface area contributed by atoms with Crippen molar-refractivity contribution in [1.82, 2.24) is 0 Å². The van der Waals surface area contributed by atoms with Crippen LogP contribution in [0.5, 0.6) is 5.75 Å². The van der Waals surface area contributed by atoms with E-state index in [2.05, 4.69) is 4.74 Å². The zero-order valence-corrected chi connectivity index (χ0v) is 5.70. The molecule has 11 heavy (non-hydrogen) atoms. The molecule has 4 heteroatoms. The number of anilines is 2. The van der Waals surface area contributed by atoms with Gasteiger partial charge in [0.25, 0.3) is 0 Å². The fourth-order valence-electron chi connectivity index (χ4n) is 0.664. The van der Waals surface area contributed by atoms with Gasteiger partial charge in [0.05, 0.1) is 11.4 Å². The maximum absolute atomic E-state index is 9.75. The number of benzene rings is 1. The van der Waals surface area contributed by atoms with Crippen molar-refractivity contribution in [3.05, 3.63) is 18.2 Å². The average Bonchev–Trinajstić information content (AvgIpc) is 1.98. The van der Waals surface area contributed by atoms with Gasteiger partial charge in [0.2, 0.25) is 0 Å². The molecule has 0 aromatic heterocycles. The number of hydrogen-bond acceptors (Lipinski definition) is 4. The van der Waals surface area contributed by atoms with E-state index in [1.165, 1.54) is 18.6 Å². The maximum Gasteiger partial charge on any atom is 0.423 e. The van der Waals surface area contributed by atoms with Crippen LogP contribution in [-0.2, 0) is 4.79 Å². The Balaban J connectivity index is 2.95. The summed E-state index contributed by atoms with van der Waals surface area (Å²) in [5.74, 6) is 0.340. The largest absolute Gasteiger partial charge is 0.423 e. The molecule has 0 saturated heterocycles. The quantitative estimate of drug-likeness (QED) is 0.596. The van der Waals surface area contributed by atoms with E-state index in [0.29, 0.717) is 17.1 Å². The van der Waals surface area contributed by atoms with Crippen LogP contribution in [-0.4, -0.2) is 6.47 Å². The highest BCUT2D eigenvalue weighted by atomic mass is 16.5. The number of hydrogen-bond donors (Lipinski definition) is 2. The Labute approximate surface area is 63.8 Å². The van der Waals surface area contributed by atoms with Gasteiger partial charge in [0, 0.05) is 6.07 Å². The van der Waals surface area contributed by atoms with E-state index in [4.69, 9.17) is 11.5 Å². The molecule has 0 aliphatic heterocycles. The van der Waals surface area contributed by atoms with Crippen LogP contribution in [0.15, 0.2) is 18.2 Å². The molecule has 0 amide bonds. The van der Waals surface area contributed by atoms with E-state index in [9.17, 15) is 4.79 Å². The molecule has 0 spiro atoms. The Morgan fingerprint density at radius 3 is 2.55 bits per heavy atom. The third-order valence-corrected chi connectivity index (χ3v) is 1.22. The molecule has 4 N–H and O–H groups in total. The van der Waals surface area contributed by atoms with E-state index < -0.39 is 0 Å². The summed E-state index contributed by atoms with van der Waals surface area (Å²) in [6.07, 6.45) is 0. The van der Waals surface area contributed by atoms with Crippen molar-refractivity contribution < 1.29 is 9.53 Å². The van der Waals surface area contributed by atoms with Gasteiger partial charge in [-0.25, -0.2) is 4.79 Å². The van der Waals surface area contributed by atoms with Gasteiger partial charge >= 0.3 is 6.47 Å². The Morgan fingerprint density at radius 2 is 2.00 bits per heavy atom. The van der Waals surface area contributed by atoms with E-state index >= 15 is 0 Å².